The van der Waals surface area contributed by atoms with Crippen LogP contribution in [0.1, 0.15) is 13.8 Å². The molecule has 2 N–H and O–H groups in total. The van der Waals surface area contributed by atoms with Crippen molar-refractivity contribution in [1.29, 1.82) is 0 Å². The van der Waals surface area contributed by atoms with Gasteiger partial charge in [0.2, 0.25) is 10.0 Å². The number of urea groups is 1. The van der Waals surface area contributed by atoms with E-state index < -0.39 is 27.7 Å². The number of nitrogens with one attached hydrogen (secondary N) is 2. The van der Waals surface area contributed by atoms with Gasteiger partial charge in [-0.3, -0.25) is 0 Å². The van der Waals surface area contributed by atoms with E-state index in [0.717, 1.165) is 12.1 Å². The van der Waals surface area contributed by atoms with Gasteiger partial charge in [-0.05, 0) is 30.3 Å². The summed E-state index contributed by atoms with van der Waals surface area (Å²) in [6, 6.07) is 6.74. The van der Waals surface area contributed by atoms with Crippen molar-refractivity contribution in [2.24, 2.45) is 0 Å². The van der Waals surface area contributed by atoms with Crippen molar-refractivity contribution in [3.63, 3.8) is 0 Å². The van der Waals surface area contributed by atoms with E-state index in [4.69, 9.17) is 0 Å². The first-order valence-electron chi connectivity index (χ1n) is 9.59. The van der Waals surface area contributed by atoms with Crippen LogP contribution in [0.5, 0.6) is 0 Å². The van der Waals surface area contributed by atoms with Gasteiger partial charge in [0.05, 0.1) is 22.6 Å². The standard InChI is InChI=1S/C19H22F2N6O3S/c1-3-26(4-2)31(29,30)14-6-8-18-17(12-14)24-25-27(18)10-9-22-19(28)23-16-7-5-13(20)11-15(16)21/h5-8,11-12H,3-4,9-10H2,1-2H3,(H2,22,23,28). The van der Waals surface area contributed by atoms with Crippen LogP contribution in [0.15, 0.2) is 41.3 Å². The number of hydrogen-bond donors (Lipinski definition) is 2. The number of fused-ring (bicyclic) bond motifs is 1. The molecule has 0 aliphatic rings. The monoisotopic (exact) mass is 452 g/mol. The zero-order valence-corrected chi connectivity index (χ0v) is 17.8. The molecule has 1 heterocycles. The second-order valence-electron chi connectivity index (χ2n) is 6.56. The highest BCUT2D eigenvalue weighted by atomic mass is 32.2. The SMILES string of the molecule is CCN(CC)S(=O)(=O)c1ccc2c(c1)nnn2CCNC(=O)Nc1ccc(F)cc1F. The molecule has 166 valence electrons. The molecule has 0 aliphatic carbocycles. The molecule has 0 radical (unpaired) electrons. The Hall–Kier alpha value is -3.12. The minimum atomic E-state index is -3.61. The lowest BCUT2D eigenvalue weighted by Gasteiger charge is -2.18. The summed E-state index contributed by atoms with van der Waals surface area (Å²) in [6.45, 7) is 4.65. The summed E-state index contributed by atoms with van der Waals surface area (Å²) in [7, 11) is -3.61. The number of halogens is 2. The lowest BCUT2D eigenvalue weighted by Crippen LogP contribution is -2.32. The van der Waals surface area contributed by atoms with E-state index in [9.17, 15) is 22.0 Å². The molecule has 0 spiro atoms. The molecule has 2 amide bonds. The van der Waals surface area contributed by atoms with Crippen LogP contribution in [0.25, 0.3) is 11.0 Å². The number of carbonyl (C=O) groups excluding carboxylic acids is 1. The average molecular weight is 452 g/mol. The smallest absolute Gasteiger partial charge is 0.319 e. The average Bonchev–Trinajstić information content (AvgIpc) is 3.13. The number of hydrogen-bond acceptors (Lipinski definition) is 5. The molecular weight excluding hydrogens is 430 g/mol. The molecule has 1 aromatic heterocycles. The van der Waals surface area contributed by atoms with Gasteiger partial charge in [0, 0.05) is 25.7 Å². The molecule has 3 rings (SSSR count). The van der Waals surface area contributed by atoms with Crippen LogP contribution in [0.4, 0.5) is 19.3 Å². The highest BCUT2D eigenvalue weighted by Gasteiger charge is 2.22. The molecule has 0 aliphatic heterocycles. The van der Waals surface area contributed by atoms with E-state index in [1.807, 2.05) is 0 Å². The second-order valence-corrected chi connectivity index (χ2v) is 8.50. The number of benzene rings is 2. The normalized spacial score (nSPS) is 11.8. The first kappa shape index (κ1) is 22.6. The van der Waals surface area contributed by atoms with Gasteiger partial charge in [-0.15, -0.1) is 5.10 Å². The van der Waals surface area contributed by atoms with Crippen molar-refractivity contribution in [1.82, 2.24) is 24.6 Å². The fourth-order valence-electron chi connectivity index (χ4n) is 3.02. The maximum absolute atomic E-state index is 13.6. The third-order valence-electron chi connectivity index (χ3n) is 4.62. The Labute approximate surface area is 178 Å². The molecule has 31 heavy (non-hydrogen) atoms. The van der Waals surface area contributed by atoms with Gasteiger partial charge < -0.3 is 10.6 Å². The molecule has 0 fully saturated rings. The lowest BCUT2D eigenvalue weighted by molar-refractivity contribution is 0.251. The molecule has 0 saturated heterocycles. The molecule has 3 aromatic rings. The number of nitrogens with zero attached hydrogens (tertiary/aromatic N) is 4. The van der Waals surface area contributed by atoms with E-state index in [1.54, 1.807) is 19.9 Å². The van der Waals surface area contributed by atoms with E-state index in [-0.39, 0.29) is 23.7 Å². The Morgan fingerprint density at radius 1 is 1.13 bits per heavy atom. The van der Waals surface area contributed by atoms with Gasteiger partial charge in [0.1, 0.15) is 17.2 Å². The van der Waals surface area contributed by atoms with E-state index in [1.165, 1.54) is 21.1 Å². The number of amides is 2. The summed E-state index contributed by atoms with van der Waals surface area (Å²) in [4.78, 5) is 12.1. The van der Waals surface area contributed by atoms with Crippen molar-refractivity contribution >= 4 is 32.8 Å². The molecule has 0 saturated carbocycles. The maximum atomic E-state index is 13.6. The number of sulfonamides is 1. The van der Waals surface area contributed by atoms with Crippen LogP contribution in [0.3, 0.4) is 0 Å². The fraction of sp³-hybridized carbons (Fsp3) is 0.316. The number of rotatable bonds is 8. The quantitative estimate of drug-likeness (QED) is 0.546. The summed E-state index contributed by atoms with van der Waals surface area (Å²) in [5.41, 5.74) is 0.864. The Morgan fingerprint density at radius 3 is 2.55 bits per heavy atom. The predicted molar refractivity (Wildman–Crippen MR) is 111 cm³/mol. The van der Waals surface area contributed by atoms with E-state index in [2.05, 4.69) is 20.9 Å². The van der Waals surface area contributed by atoms with Crippen molar-refractivity contribution in [2.75, 3.05) is 25.0 Å². The van der Waals surface area contributed by atoms with Gasteiger partial charge in [-0.1, -0.05) is 19.1 Å². The Balaban J connectivity index is 1.64. The maximum Gasteiger partial charge on any atom is 0.319 e. The molecular formula is C19H22F2N6O3S. The molecule has 0 atom stereocenters. The van der Waals surface area contributed by atoms with Gasteiger partial charge >= 0.3 is 6.03 Å². The van der Waals surface area contributed by atoms with Crippen molar-refractivity contribution in [3.8, 4) is 0 Å². The highest BCUT2D eigenvalue weighted by molar-refractivity contribution is 7.89. The van der Waals surface area contributed by atoms with Crippen LogP contribution < -0.4 is 10.6 Å². The molecule has 12 heteroatoms. The van der Waals surface area contributed by atoms with Gasteiger partial charge in [0.25, 0.3) is 0 Å². The van der Waals surface area contributed by atoms with Crippen molar-refractivity contribution in [2.45, 2.75) is 25.3 Å². The van der Waals surface area contributed by atoms with Gasteiger partial charge in [-0.25, -0.2) is 26.7 Å². The van der Waals surface area contributed by atoms with Crippen LogP contribution in [0, 0.1) is 11.6 Å². The van der Waals surface area contributed by atoms with Crippen LogP contribution >= 0.6 is 0 Å². The third kappa shape index (κ3) is 4.97. The lowest BCUT2D eigenvalue weighted by atomic mass is 10.3. The molecule has 9 nitrogen and oxygen atoms in total. The van der Waals surface area contributed by atoms with Gasteiger partial charge in [-0.2, -0.15) is 4.31 Å². The predicted octanol–water partition coefficient (Wildman–Crippen LogP) is 2.56. The Morgan fingerprint density at radius 2 is 1.87 bits per heavy atom. The Bertz CT molecular complexity index is 1190. The zero-order chi connectivity index (χ0) is 22.6. The number of carbonyl (C=O) groups is 1. The summed E-state index contributed by atoms with van der Waals surface area (Å²) in [5.74, 6) is -1.62. The molecule has 0 bridgehead atoms. The largest absolute Gasteiger partial charge is 0.336 e. The van der Waals surface area contributed by atoms with E-state index >= 15 is 0 Å². The highest BCUT2D eigenvalue weighted by Crippen LogP contribution is 2.20. The second kappa shape index (κ2) is 9.35. The molecule has 2 aromatic carbocycles. The Kier molecular flexibility index (Phi) is 6.81. The topological polar surface area (TPSA) is 109 Å². The summed E-state index contributed by atoms with van der Waals surface area (Å²) in [6.07, 6.45) is 0. The number of anilines is 1. The number of aromatic nitrogens is 3. The zero-order valence-electron chi connectivity index (χ0n) is 17.0. The third-order valence-corrected chi connectivity index (χ3v) is 6.66. The minimum absolute atomic E-state index is 0.134. The van der Waals surface area contributed by atoms with Gasteiger partial charge in [0.15, 0.2) is 0 Å². The summed E-state index contributed by atoms with van der Waals surface area (Å²) in [5, 5.41) is 12.8. The summed E-state index contributed by atoms with van der Waals surface area (Å²) >= 11 is 0. The van der Waals surface area contributed by atoms with Crippen LogP contribution in [-0.2, 0) is 16.6 Å². The van der Waals surface area contributed by atoms with Crippen LogP contribution in [-0.4, -0.2) is 53.4 Å². The molecule has 0 unspecified atom stereocenters. The first-order valence-corrected chi connectivity index (χ1v) is 11.0. The van der Waals surface area contributed by atoms with Crippen molar-refractivity contribution < 1.29 is 22.0 Å². The first-order chi connectivity index (χ1) is 14.8. The minimum Gasteiger partial charge on any atom is -0.336 e. The fourth-order valence-corrected chi connectivity index (χ4v) is 4.50. The van der Waals surface area contributed by atoms with Crippen LogP contribution in [0.2, 0.25) is 0 Å². The van der Waals surface area contributed by atoms with Crippen molar-refractivity contribution in [3.05, 3.63) is 48.0 Å². The van der Waals surface area contributed by atoms with E-state index in [0.29, 0.717) is 30.2 Å². The summed E-state index contributed by atoms with van der Waals surface area (Å²) < 4.78 is 54.7.